The van der Waals surface area contributed by atoms with Gasteiger partial charge in [-0.15, -0.1) is 0 Å². The Labute approximate surface area is 107 Å². The first-order chi connectivity index (χ1) is 8.15. The maximum Gasteiger partial charge on any atom is 0.00360 e. The maximum atomic E-state index is 3.51. The largest absolute Gasteiger partial charge is 0.317 e. The second kappa shape index (κ2) is 5.71. The predicted molar refractivity (Wildman–Crippen MR) is 74.2 cm³/mol. The fourth-order valence-corrected chi connectivity index (χ4v) is 3.67. The average molecular weight is 238 g/mol. The van der Waals surface area contributed by atoms with Crippen molar-refractivity contribution in [2.45, 2.75) is 46.0 Å². The van der Waals surface area contributed by atoms with Crippen molar-refractivity contribution in [2.24, 2.45) is 17.3 Å². The molecule has 2 fully saturated rings. The fourth-order valence-electron chi connectivity index (χ4n) is 3.67. The molecule has 2 aliphatic rings. The summed E-state index contributed by atoms with van der Waals surface area (Å²) in [5.41, 5.74) is 0.618. The summed E-state index contributed by atoms with van der Waals surface area (Å²) in [5, 5.41) is 3.51. The molecule has 0 amide bonds. The highest BCUT2D eigenvalue weighted by molar-refractivity contribution is 4.89. The lowest BCUT2D eigenvalue weighted by Gasteiger charge is -2.40. The van der Waals surface area contributed by atoms with Gasteiger partial charge < -0.3 is 10.2 Å². The minimum absolute atomic E-state index is 0.618. The zero-order chi connectivity index (χ0) is 12.3. The van der Waals surface area contributed by atoms with Crippen LogP contribution in [0.25, 0.3) is 0 Å². The van der Waals surface area contributed by atoms with Crippen LogP contribution < -0.4 is 5.32 Å². The Morgan fingerprint density at radius 3 is 2.47 bits per heavy atom. The van der Waals surface area contributed by atoms with Gasteiger partial charge in [-0.25, -0.2) is 0 Å². The molecule has 0 radical (unpaired) electrons. The standard InChI is InChI=1S/C15H30N2/c1-4-5-15(6-8-16-9-7-15)12-17(3)11-14-10-13(14)2/h13-14,16H,4-12H2,1-3H3. The second-order valence-electron chi connectivity index (χ2n) is 6.67. The van der Waals surface area contributed by atoms with Gasteiger partial charge in [0.2, 0.25) is 0 Å². The monoisotopic (exact) mass is 238 g/mol. The number of hydrogen-bond donors (Lipinski definition) is 1. The highest BCUT2D eigenvalue weighted by atomic mass is 15.1. The Bertz CT molecular complexity index is 228. The molecule has 100 valence electrons. The highest BCUT2D eigenvalue weighted by Gasteiger charge is 2.36. The third kappa shape index (κ3) is 3.69. The van der Waals surface area contributed by atoms with Gasteiger partial charge >= 0.3 is 0 Å². The Hall–Kier alpha value is -0.0800. The molecule has 1 aliphatic heterocycles. The summed E-state index contributed by atoms with van der Waals surface area (Å²) >= 11 is 0. The van der Waals surface area contributed by atoms with E-state index in [0.717, 1.165) is 11.8 Å². The average Bonchev–Trinajstić information content (AvgIpc) is 2.95. The summed E-state index contributed by atoms with van der Waals surface area (Å²) in [7, 11) is 2.34. The van der Waals surface area contributed by atoms with Crippen molar-refractivity contribution < 1.29 is 0 Å². The summed E-state index contributed by atoms with van der Waals surface area (Å²) in [5.74, 6) is 1.99. The molecule has 0 aromatic heterocycles. The molecule has 0 spiro atoms. The lowest BCUT2D eigenvalue weighted by molar-refractivity contribution is 0.113. The molecule has 1 heterocycles. The molecular formula is C15H30N2. The number of nitrogens with one attached hydrogen (secondary N) is 1. The quantitative estimate of drug-likeness (QED) is 0.765. The molecule has 1 aliphatic carbocycles. The summed E-state index contributed by atoms with van der Waals surface area (Å²) in [6.07, 6.45) is 6.98. The maximum absolute atomic E-state index is 3.51. The Morgan fingerprint density at radius 2 is 1.94 bits per heavy atom. The first kappa shape index (κ1) is 13.4. The van der Waals surface area contributed by atoms with E-state index in [-0.39, 0.29) is 0 Å². The molecule has 0 bridgehead atoms. The lowest BCUT2D eigenvalue weighted by Crippen LogP contribution is -2.44. The van der Waals surface area contributed by atoms with Crippen LogP contribution in [0.4, 0.5) is 0 Å². The number of hydrogen-bond acceptors (Lipinski definition) is 2. The fraction of sp³-hybridized carbons (Fsp3) is 1.00. The molecule has 0 aromatic rings. The smallest absolute Gasteiger partial charge is 0.00360 e. The van der Waals surface area contributed by atoms with Crippen LogP contribution in [-0.2, 0) is 0 Å². The van der Waals surface area contributed by atoms with Crippen LogP contribution in [0, 0.1) is 17.3 Å². The molecule has 1 saturated heterocycles. The van der Waals surface area contributed by atoms with Crippen LogP contribution in [0.2, 0.25) is 0 Å². The molecular weight excluding hydrogens is 208 g/mol. The molecule has 1 saturated carbocycles. The van der Waals surface area contributed by atoms with E-state index in [9.17, 15) is 0 Å². The first-order valence-corrected chi connectivity index (χ1v) is 7.54. The van der Waals surface area contributed by atoms with Crippen molar-refractivity contribution in [2.75, 3.05) is 33.2 Å². The second-order valence-corrected chi connectivity index (χ2v) is 6.67. The first-order valence-electron chi connectivity index (χ1n) is 7.54. The molecule has 2 rings (SSSR count). The minimum Gasteiger partial charge on any atom is -0.317 e. The molecule has 0 aromatic carbocycles. The van der Waals surface area contributed by atoms with Gasteiger partial charge in [0.1, 0.15) is 0 Å². The molecule has 1 N–H and O–H groups in total. The van der Waals surface area contributed by atoms with E-state index < -0.39 is 0 Å². The summed E-state index contributed by atoms with van der Waals surface area (Å²) < 4.78 is 0. The van der Waals surface area contributed by atoms with Gasteiger partial charge in [0.15, 0.2) is 0 Å². The zero-order valence-electron chi connectivity index (χ0n) is 12.0. The van der Waals surface area contributed by atoms with Crippen molar-refractivity contribution >= 4 is 0 Å². The van der Waals surface area contributed by atoms with Crippen LogP contribution >= 0.6 is 0 Å². The van der Waals surface area contributed by atoms with E-state index in [0.29, 0.717) is 5.41 Å². The van der Waals surface area contributed by atoms with Crippen LogP contribution in [0.5, 0.6) is 0 Å². The van der Waals surface area contributed by atoms with E-state index >= 15 is 0 Å². The van der Waals surface area contributed by atoms with Crippen molar-refractivity contribution in [1.82, 2.24) is 10.2 Å². The van der Waals surface area contributed by atoms with Crippen LogP contribution in [-0.4, -0.2) is 38.1 Å². The van der Waals surface area contributed by atoms with Gasteiger partial charge in [0, 0.05) is 13.1 Å². The van der Waals surface area contributed by atoms with E-state index in [1.165, 1.54) is 58.3 Å². The van der Waals surface area contributed by atoms with Crippen LogP contribution in [0.15, 0.2) is 0 Å². The topological polar surface area (TPSA) is 15.3 Å². The lowest BCUT2D eigenvalue weighted by atomic mass is 9.75. The van der Waals surface area contributed by atoms with E-state index in [2.05, 4.69) is 31.1 Å². The molecule has 17 heavy (non-hydrogen) atoms. The van der Waals surface area contributed by atoms with Crippen LogP contribution in [0.1, 0.15) is 46.0 Å². The number of rotatable bonds is 6. The van der Waals surface area contributed by atoms with Crippen molar-refractivity contribution in [3.63, 3.8) is 0 Å². The molecule has 2 heteroatoms. The Kier molecular flexibility index (Phi) is 4.48. The molecule has 2 nitrogen and oxygen atoms in total. The molecule has 2 unspecified atom stereocenters. The summed E-state index contributed by atoms with van der Waals surface area (Å²) in [6.45, 7) is 9.85. The Morgan fingerprint density at radius 1 is 1.29 bits per heavy atom. The minimum atomic E-state index is 0.618. The van der Waals surface area contributed by atoms with Gasteiger partial charge in [-0.3, -0.25) is 0 Å². The zero-order valence-corrected chi connectivity index (χ0v) is 12.0. The van der Waals surface area contributed by atoms with Gasteiger partial charge in [0.05, 0.1) is 0 Å². The van der Waals surface area contributed by atoms with E-state index in [1.54, 1.807) is 0 Å². The van der Waals surface area contributed by atoms with E-state index in [4.69, 9.17) is 0 Å². The van der Waals surface area contributed by atoms with Crippen LogP contribution in [0.3, 0.4) is 0 Å². The van der Waals surface area contributed by atoms with Gasteiger partial charge in [-0.05, 0) is 63.1 Å². The SMILES string of the molecule is CCCC1(CN(C)CC2CC2C)CCNCC1. The highest BCUT2D eigenvalue weighted by Crippen LogP contribution is 2.40. The summed E-state index contributed by atoms with van der Waals surface area (Å²) in [6, 6.07) is 0. The number of nitrogens with zero attached hydrogens (tertiary/aromatic N) is 1. The third-order valence-corrected chi connectivity index (χ3v) is 4.87. The van der Waals surface area contributed by atoms with Crippen molar-refractivity contribution in [1.29, 1.82) is 0 Å². The Balaban J connectivity index is 1.82. The predicted octanol–water partition coefficient (Wildman–Crippen LogP) is 2.74. The van der Waals surface area contributed by atoms with Gasteiger partial charge in [0.25, 0.3) is 0 Å². The summed E-state index contributed by atoms with van der Waals surface area (Å²) in [4.78, 5) is 2.62. The normalized spacial score (nSPS) is 31.8. The van der Waals surface area contributed by atoms with Gasteiger partial charge in [-0.2, -0.15) is 0 Å². The van der Waals surface area contributed by atoms with E-state index in [1.807, 2.05) is 0 Å². The third-order valence-electron chi connectivity index (χ3n) is 4.87. The van der Waals surface area contributed by atoms with Crippen molar-refractivity contribution in [3.8, 4) is 0 Å². The number of piperidine rings is 1. The van der Waals surface area contributed by atoms with Gasteiger partial charge in [-0.1, -0.05) is 20.3 Å². The molecule has 2 atom stereocenters. The van der Waals surface area contributed by atoms with Crippen molar-refractivity contribution in [3.05, 3.63) is 0 Å².